The van der Waals surface area contributed by atoms with E-state index in [1.165, 1.54) is 11.3 Å². The van der Waals surface area contributed by atoms with Crippen molar-refractivity contribution in [2.45, 2.75) is 20.8 Å². The molecule has 0 fully saturated rings. The van der Waals surface area contributed by atoms with E-state index in [4.69, 9.17) is 0 Å². The average Bonchev–Trinajstić information content (AvgIpc) is 3.17. The quantitative estimate of drug-likeness (QED) is 0.596. The summed E-state index contributed by atoms with van der Waals surface area (Å²) < 4.78 is 1.72. The number of hydrogen-bond acceptors (Lipinski definition) is 5. The van der Waals surface area contributed by atoms with Gasteiger partial charge >= 0.3 is 0 Å². The van der Waals surface area contributed by atoms with Gasteiger partial charge in [-0.2, -0.15) is 9.61 Å². The molecule has 6 nitrogen and oxygen atoms in total. The molecule has 0 unspecified atom stereocenters. The summed E-state index contributed by atoms with van der Waals surface area (Å²) in [5, 5.41) is 16.4. The number of benzene rings is 2. The topological polar surface area (TPSA) is 72.2 Å². The summed E-state index contributed by atoms with van der Waals surface area (Å²) >= 11 is 1.46. The van der Waals surface area contributed by atoms with Crippen molar-refractivity contribution in [2.75, 3.05) is 5.32 Å². The van der Waals surface area contributed by atoms with Crippen LogP contribution in [0.2, 0.25) is 0 Å². The zero-order chi connectivity index (χ0) is 18.3. The molecule has 0 aliphatic heterocycles. The maximum absolute atomic E-state index is 12.6. The number of rotatable bonds is 3. The summed E-state index contributed by atoms with van der Waals surface area (Å²) in [5.41, 5.74) is 4.45. The molecule has 0 bridgehead atoms. The van der Waals surface area contributed by atoms with Crippen molar-refractivity contribution in [2.24, 2.45) is 0 Å². The molecule has 0 spiro atoms. The van der Waals surface area contributed by atoms with Crippen molar-refractivity contribution in [1.82, 2.24) is 19.8 Å². The Kier molecular flexibility index (Phi) is 4.00. The maximum Gasteiger partial charge on any atom is 0.255 e. The number of aryl methyl sites for hydroxylation is 3. The fourth-order valence-electron chi connectivity index (χ4n) is 2.87. The fraction of sp³-hybridized carbons (Fsp3) is 0.158. The lowest BCUT2D eigenvalue weighted by Crippen LogP contribution is -2.12. The molecule has 0 saturated heterocycles. The SMILES string of the molecule is Cc1cc(C)cc(C(=O)Nc2cccc(-c3nn4c(C)nnc4s3)c2)c1. The van der Waals surface area contributed by atoms with Crippen LogP contribution >= 0.6 is 11.3 Å². The first-order valence-corrected chi connectivity index (χ1v) is 9.00. The number of carbonyl (C=O) groups is 1. The van der Waals surface area contributed by atoms with E-state index in [1.807, 2.05) is 63.2 Å². The Morgan fingerprint density at radius 3 is 2.54 bits per heavy atom. The zero-order valence-corrected chi connectivity index (χ0v) is 15.5. The number of aromatic nitrogens is 4. The number of nitrogens with one attached hydrogen (secondary N) is 1. The minimum absolute atomic E-state index is 0.122. The molecule has 4 aromatic rings. The zero-order valence-electron chi connectivity index (χ0n) is 14.6. The highest BCUT2D eigenvalue weighted by Gasteiger charge is 2.12. The fourth-order valence-corrected chi connectivity index (χ4v) is 3.75. The largest absolute Gasteiger partial charge is 0.322 e. The summed E-state index contributed by atoms with van der Waals surface area (Å²) in [6, 6.07) is 13.5. The van der Waals surface area contributed by atoms with Crippen LogP contribution in [-0.2, 0) is 0 Å². The molecule has 2 heterocycles. The Hall–Kier alpha value is -3.06. The van der Waals surface area contributed by atoms with Gasteiger partial charge in [0, 0.05) is 16.8 Å². The van der Waals surface area contributed by atoms with Gasteiger partial charge in [0.1, 0.15) is 5.01 Å². The van der Waals surface area contributed by atoms with Crippen LogP contribution in [-0.4, -0.2) is 25.7 Å². The van der Waals surface area contributed by atoms with Gasteiger partial charge in [-0.25, -0.2) is 0 Å². The molecule has 0 saturated carbocycles. The minimum atomic E-state index is -0.122. The van der Waals surface area contributed by atoms with E-state index in [9.17, 15) is 4.79 Å². The number of fused-ring (bicyclic) bond motifs is 1. The highest BCUT2D eigenvalue weighted by molar-refractivity contribution is 7.19. The first-order chi connectivity index (χ1) is 12.5. The van der Waals surface area contributed by atoms with Crippen molar-refractivity contribution in [3.8, 4) is 10.6 Å². The van der Waals surface area contributed by atoms with Gasteiger partial charge in [0.05, 0.1) is 0 Å². The van der Waals surface area contributed by atoms with Gasteiger partial charge in [-0.1, -0.05) is 40.7 Å². The number of anilines is 1. The Bertz CT molecular complexity index is 1110. The lowest BCUT2D eigenvalue weighted by atomic mass is 10.1. The third-order valence-corrected chi connectivity index (χ3v) is 4.95. The van der Waals surface area contributed by atoms with Crippen LogP contribution in [0.15, 0.2) is 42.5 Å². The first-order valence-electron chi connectivity index (χ1n) is 8.18. The van der Waals surface area contributed by atoms with Crippen LogP contribution in [0, 0.1) is 20.8 Å². The Morgan fingerprint density at radius 2 is 1.81 bits per heavy atom. The van der Waals surface area contributed by atoms with E-state index < -0.39 is 0 Å². The van der Waals surface area contributed by atoms with Crippen molar-refractivity contribution in [3.05, 3.63) is 65.0 Å². The molecule has 1 amide bonds. The minimum Gasteiger partial charge on any atom is -0.322 e. The van der Waals surface area contributed by atoms with Crippen LogP contribution in [0.3, 0.4) is 0 Å². The number of nitrogens with zero attached hydrogens (tertiary/aromatic N) is 4. The molecule has 1 N–H and O–H groups in total. The van der Waals surface area contributed by atoms with E-state index in [0.717, 1.165) is 38.2 Å². The Morgan fingerprint density at radius 1 is 1.04 bits per heavy atom. The summed E-state index contributed by atoms with van der Waals surface area (Å²) in [5.74, 6) is 0.629. The molecule has 0 aliphatic carbocycles. The number of amides is 1. The van der Waals surface area contributed by atoms with E-state index in [1.54, 1.807) is 4.52 Å². The summed E-state index contributed by atoms with van der Waals surface area (Å²) in [6.07, 6.45) is 0. The standard InChI is InChI=1S/C19H17N5OS/c1-11-7-12(2)9-15(8-11)17(25)20-16-6-4-5-14(10-16)18-23-24-13(3)21-22-19(24)26-18/h4-10H,1-3H3,(H,20,25). The highest BCUT2D eigenvalue weighted by atomic mass is 32.1. The molecule has 130 valence electrons. The summed E-state index contributed by atoms with van der Waals surface area (Å²) in [7, 11) is 0. The summed E-state index contributed by atoms with van der Waals surface area (Å²) in [6.45, 7) is 5.84. The monoisotopic (exact) mass is 363 g/mol. The molecule has 0 radical (unpaired) electrons. The summed E-state index contributed by atoms with van der Waals surface area (Å²) in [4.78, 5) is 13.3. The van der Waals surface area contributed by atoms with Gasteiger partial charge in [-0.05, 0) is 45.0 Å². The molecular formula is C19H17N5OS. The third-order valence-electron chi connectivity index (χ3n) is 4.00. The van der Waals surface area contributed by atoms with E-state index >= 15 is 0 Å². The lowest BCUT2D eigenvalue weighted by molar-refractivity contribution is 0.102. The third kappa shape index (κ3) is 3.09. The molecule has 26 heavy (non-hydrogen) atoms. The van der Waals surface area contributed by atoms with Crippen LogP contribution in [0.25, 0.3) is 15.5 Å². The van der Waals surface area contributed by atoms with Crippen molar-refractivity contribution >= 4 is 27.9 Å². The predicted molar refractivity (Wildman–Crippen MR) is 103 cm³/mol. The highest BCUT2D eigenvalue weighted by Crippen LogP contribution is 2.27. The Labute approximate surface area is 154 Å². The lowest BCUT2D eigenvalue weighted by Gasteiger charge is -2.08. The van der Waals surface area contributed by atoms with Crippen LogP contribution < -0.4 is 5.32 Å². The van der Waals surface area contributed by atoms with Crippen LogP contribution in [0.4, 0.5) is 5.69 Å². The molecule has 4 rings (SSSR count). The van der Waals surface area contributed by atoms with Gasteiger partial charge in [0.2, 0.25) is 4.96 Å². The number of carbonyl (C=O) groups excluding carboxylic acids is 1. The second-order valence-corrected chi connectivity index (χ2v) is 7.22. The van der Waals surface area contributed by atoms with Gasteiger partial charge in [0.15, 0.2) is 5.82 Å². The van der Waals surface area contributed by atoms with Crippen LogP contribution in [0.5, 0.6) is 0 Å². The van der Waals surface area contributed by atoms with Gasteiger partial charge in [0.25, 0.3) is 5.91 Å². The molecule has 2 aromatic heterocycles. The molecule has 0 atom stereocenters. The normalized spacial score (nSPS) is 11.0. The van der Waals surface area contributed by atoms with Crippen molar-refractivity contribution in [1.29, 1.82) is 0 Å². The molecule has 7 heteroatoms. The second kappa shape index (κ2) is 6.34. The molecule has 2 aromatic carbocycles. The smallest absolute Gasteiger partial charge is 0.255 e. The molecule has 0 aliphatic rings. The van der Waals surface area contributed by atoms with Crippen molar-refractivity contribution in [3.63, 3.8) is 0 Å². The maximum atomic E-state index is 12.6. The second-order valence-electron chi connectivity index (χ2n) is 6.26. The Balaban J connectivity index is 1.62. The first kappa shape index (κ1) is 16.4. The van der Waals surface area contributed by atoms with Crippen molar-refractivity contribution < 1.29 is 4.79 Å². The van der Waals surface area contributed by atoms with Gasteiger partial charge in [-0.15, -0.1) is 10.2 Å². The predicted octanol–water partition coefficient (Wildman–Crippen LogP) is 4.03. The number of hydrogen-bond donors (Lipinski definition) is 1. The van der Waals surface area contributed by atoms with E-state index in [-0.39, 0.29) is 5.91 Å². The van der Waals surface area contributed by atoms with Gasteiger partial charge < -0.3 is 5.32 Å². The van der Waals surface area contributed by atoms with E-state index in [2.05, 4.69) is 20.6 Å². The van der Waals surface area contributed by atoms with E-state index in [0.29, 0.717) is 5.56 Å². The van der Waals surface area contributed by atoms with Gasteiger partial charge in [-0.3, -0.25) is 4.79 Å². The average molecular weight is 363 g/mol. The van der Waals surface area contributed by atoms with Crippen LogP contribution in [0.1, 0.15) is 27.3 Å². The molecular weight excluding hydrogens is 346 g/mol.